The van der Waals surface area contributed by atoms with Crippen LogP contribution in [0.1, 0.15) is 65.9 Å². The Labute approximate surface area is 270 Å². The zero-order valence-corrected chi connectivity index (χ0v) is 28.3. The van der Waals surface area contributed by atoms with Crippen LogP contribution in [0.4, 0.5) is 14.5 Å². The fraction of sp³-hybridized carbons (Fsp3) is 0.486. The maximum Gasteiger partial charge on any atom is 0.125 e. The first-order valence-electron chi connectivity index (χ1n) is 15.6. The van der Waals surface area contributed by atoms with Crippen LogP contribution >= 0.6 is 11.6 Å². The Balaban J connectivity index is 0.000000684. The zero-order valence-electron chi connectivity index (χ0n) is 27.5. The van der Waals surface area contributed by atoms with Crippen LogP contribution in [0.2, 0.25) is 5.02 Å². The zero-order chi connectivity index (χ0) is 33.2. The van der Waals surface area contributed by atoms with Crippen LogP contribution in [0.15, 0.2) is 72.5 Å². The highest BCUT2D eigenvalue weighted by atomic mass is 35.5. The van der Waals surface area contributed by atoms with Crippen molar-refractivity contribution in [1.82, 2.24) is 20.1 Å². The number of nitrogens with one attached hydrogen (secondary N) is 1. The van der Waals surface area contributed by atoms with Crippen LogP contribution in [0.5, 0.6) is 0 Å². The van der Waals surface area contributed by atoms with Gasteiger partial charge in [-0.05, 0) is 115 Å². The van der Waals surface area contributed by atoms with E-state index in [1.165, 1.54) is 55.7 Å². The molecule has 0 fully saturated rings. The van der Waals surface area contributed by atoms with E-state index in [1.807, 2.05) is 0 Å². The summed E-state index contributed by atoms with van der Waals surface area (Å²) in [4.78, 5) is 12.4. The predicted molar refractivity (Wildman–Crippen MR) is 187 cm³/mol. The molecular weight excluding hydrogens is 578 g/mol. The summed E-state index contributed by atoms with van der Waals surface area (Å²) in [5, 5.41) is 3.79. The molecule has 2 aromatic rings. The van der Waals surface area contributed by atoms with Crippen molar-refractivity contribution in [3.05, 3.63) is 89.7 Å². The highest BCUT2D eigenvalue weighted by molar-refractivity contribution is 6.30. The molecule has 0 radical (unpaired) electrons. The molecule has 0 aliphatic carbocycles. The normalized spacial score (nSPS) is 11.0. The molecule has 9 heteroatoms. The molecule has 6 nitrogen and oxygen atoms in total. The lowest BCUT2D eigenvalue weighted by molar-refractivity contribution is 0.294. The Morgan fingerprint density at radius 2 is 1.52 bits per heavy atom. The van der Waals surface area contributed by atoms with E-state index >= 15 is 0 Å². The number of nitrogens with two attached hydrogens (primary N) is 1. The third-order valence-electron chi connectivity index (χ3n) is 6.77. The van der Waals surface area contributed by atoms with Gasteiger partial charge in [0, 0.05) is 47.3 Å². The molecular formula is C35H55ClF2N6. The molecule has 0 spiro atoms. The Bertz CT molecular complexity index is 1080. The number of aliphatic imine (C=N–C) groups is 1. The molecule has 3 N–H and O–H groups in total. The SMILES string of the molecule is C=Nc1cc(F)ccc1C(=C)NCCCCN(CC)CC.CCN(CC)CCCC(C)N.Fc1cccc(Cl)ccncc1. The summed E-state index contributed by atoms with van der Waals surface area (Å²) >= 11 is 5.67. The minimum atomic E-state index is -0.352. The van der Waals surface area contributed by atoms with E-state index in [1.54, 1.807) is 18.2 Å². The lowest BCUT2D eigenvalue weighted by atomic mass is 10.1. The van der Waals surface area contributed by atoms with Crippen molar-refractivity contribution in [3.8, 4) is 0 Å². The van der Waals surface area contributed by atoms with Gasteiger partial charge in [0.1, 0.15) is 11.6 Å². The molecule has 1 aromatic heterocycles. The quantitative estimate of drug-likeness (QED) is 0.144. The first-order chi connectivity index (χ1) is 21.1. The van der Waals surface area contributed by atoms with Gasteiger partial charge in [-0.1, -0.05) is 51.9 Å². The van der Waals surface area contributed by atoms with Gasteiger partial charge in [-0.3, -0.25) is 9.98 Å². The Morgan fingerprint density at radius 1 is 0.909 bits per heavy atom. The lowest BCUT2D eigenvalue weighted by Gasteiger charge is -2.18. The van der Waals surface area contributed by atoms with Crippen LogP contribution < -0.4 is 11.1 Å². The molecule has 1 aromatic carbocycles. The summed E-state index contributed by atoms with van der Waals surface area (Å²) in [5.74, 6) is -0.664. The van der Waals surface area contributed by atoms with Crippen molar-refractivity contribution in [3.63, 3.8) is 0 Å². The second kappa shape index (κ2) is 26.5. The number of hydrogen-bond acceptors (Lipinski definition) is 6. The topological polar surface area (TPSA) is 69.8 Å². The van der Waals surface area contributed by atoms with Crippen LogP contribution in [0.3, 0.4) is 0 Å². The molecule has 0 aliphatic heterocycles. The van der Waals surface area contributed by atoms with Gasteiger partial charge in [0.2, 0.25) is 0 Å². The highest BCUT2D eigenvalue weighted by Crippen LogP contribution is 2.24. The summed E-state index contributed by atoms with van der Waals surface area (Å²) in [6, 6.07) is 12.2. The van der Waals surface area contributed by atoms with E-state index in [2.05, 4.69) is 73.0 Å². The number of aromatic nitrogens is 1. The van der Waals surface area contributed by atoms with Crippen LogP contribution in [0, 0.1) is 11.6 Å². The van der Waals surface area contributed by atoms with Crippen LogP contribution in [-0.4, -0.2) is 73.4 Å². The van der Waals surface area contributed by atoms with Gasteiger partial charge in [0.05, 0.1) is 5.69 Å². The monoisotopic (exact) mass is 632 g/mol. The van der Waals surface area contributed by atoms with E-state index in [4.69, 9.17) is 17.3 Å². The summed E-state index contributed by atoms with van der Waals surface area (Å²) in [5.41, 5.74) is 7.73. The number of benzene rings is 1. The van der Waals surface area contributed by atoms with Gasteiger partial charge >= 0.3 is 0 Å². The summed E-state index contributed by atoms with van der Waals surface area (Å²) in [6.45, 7) is 26.0. The van der Waals surface area contributed by atoms with Gasteiger partial charge in [-0.2, -0.15) is 0 Å². The van der Waals surface area contributed by atoms with Gasteiger partial charge in [0.15, 0.2) is 0 Å². The number of nitrogens with zero attached hydrogens (tertiary/aromatic N) is 4. The maximum atomic E-state index is 13.2. The molecule has 0 amide bonds. The van der Waals surface area contributed by atoms with E-state index in [0.717, 1.165) is 69.8 Å². The molecule has 1 atom stereocenters. The molecule has 0 saturated carbocycles. The molecule has 0 saturated heterocycles. The lowest BCUT2D eigenvalue weighted by Crippen LogP contribution is -2.25. The summed E-state index contributed by atoms with van der Waals surface area (Å²) in [7, 11) is 0. The molecule has 44 heavy (non-hydrogen) atoms. The van der Waals surface area contributed by atoms with E-state index < -0.39 is 0 Å². The van der Waals surface area contributed by atoms with Crippen molar-refractivity contribution >= 4 is 29.7 Å². The van der Waals surface area contributed by atoms with E-state index in [9.17, 15) is 8.78 Å². The number of rotatable bonds is 16. The van der Waals surface area contributed by atoms with Gasteiger partial charge in [-0.25, -0.2) is 8.78 Å². The van der Waals surface area contributed by atoms with Crippen LogP contribution in [-0.2, 0) is 0 Å². The fourth-order valence-corrected chi connectivity index (χ4v) is 4.15. The second-order valence-corrected chi connectivity index (χ2v) is 10.6. The van der Waals surface area contributed by atoms with Crippen LogP contribution in [0.25, 0.3) is 5.70 Å². The summed E-state index contributed by atoms with van der Waals surface area (Å²) < 4.78 is 25.8. The second-order valence-electron chi connectivity index (χ2n) is 10.2. The Morgan fingerprint density at radius 3 is 2.11 bits per heavy atom. The average molecular weight is 633 g/mol. The molecule has 246 valence electrons. The van der Waals surface area contributed by atoms with Crippen molar-refractivity contribution in [2.75, 3.05) is 45.8 Å². The Kier molecular flexibility index (Phi) is 24.7. The number of unbranched alkanes of at least 4 members (excludes halogenated alkanes) is 1. The minimum absolute atomic E-state index is 0.312. The smallest absolute Gasteiger partial charge is 0.125 e. The number of halogens is 3. The first-order valence-corrected chi connectivity index (χ1v) is 16.0. The third-order valence-corrected chi connectivity index (χ3v) is 7.02. The van der Waals surface area contributed by atoms with Crippen molar-refractivity contribution < 1.29 is 8.78 Å². The number of hydrogen-bond donors (Lipinski definition) is 2. The standard InChI is InChI=1S/C17H26FN3.C9H7ClFN.C9H22N2/c1-5-21(6-2)12-8-7-11-20-14(3)16-10-9-15(18)13-17(16)19-4;10-8-2-1-3-9(11)5-7-12-6-4-8;1-4-11(5-2)8-6-7-9(3)10/h9-10,13,20H,3-8,11-12H2,1-2H3;1-7H;9H,4-8,10H2,1-3H3. The predicted octanol–water partition coefficient (Wildman–Crippen LogP) is 8.29. The molecule has 1 unspecified atom stereocenters. The largest absolute Gasteiger partial charge is 0.385 e. The average Bonchev–Trinajstić information content (AvgIpc) is 3.01. The molecule has 0 aliphatic rings. The molecule has 2 rings (SSSR count). The Hall–Kier alpha value is -2.91. The summed E-state index contributed by atoms with van der Waals surface area (Å²) in [6.07, 6.45) is 7.48. The van der Waals surface area contributed by atoms with E-state index in [0.29, 0.717) is 16.8 Å². The third kappa shape index (κ3) is 20.9. The van der Waals surface area contributed by atoms with Crippen molar-refractivity contribution in [1.29, 1.82) is 0 Å². The van der Waals surface area contributed by atoms with Crippen molar-refractivity contribution in [2.45, 2.75) is 66.3 Å². The minimum Gasteiger partial charge on any atom is -0.385 e. The van der Waals surface area contributed by atoms with Gasteiger partial charge in [-0.15, -0.1) is 0 Å². The molecule has 1 heterocycles. The maximum absolute atomic E-state index is 13.2. The highest BCUT2D eigenvalue weighted by Gasteiger charge is 2.06. The van der Waals surface area contributed by atoms with Gasteiger partial charge < -0.3 is 20.9 Å². The fourth-order valence-electron chi connectivity index (χ4n) is 4.02. The molecule has 0 bridgehead atoms. The first kappa shape index (κ1) is 41.1. The van der Waals surface area contributed by atoms with Gasteiger partial charge in [0.25, 0.3) is 0 Å². The van der Waals surface area contributed by atoms with E-state index in [-0.39, 0.29) is 11.6 Å². The van der Waals surface area contributed by atoms with Crippen molar-refractivity contribution in [2.24, 2.45) is 10.7 Å².